The van der Waals surface area contributed by atoms with Crippen LogP contribution in [0.4, 0.5) is 5.69 Å². The van der Waals surface area contributed by atoms with E-state index >= 15 is 0 Å². The molecule has 1 N–H and O–H groups in total. The second-order valence-corrected chi connectivity index (χ2v) is 7.05. The van der Waals surface area contributed by atoms with Crippen molar-refractivity contribution >= 4 is 17.5 Å². The molecule has 148 valence electrons. The molecule has 1 aromatic carbocycles. The van der Waals surface area contributed by atoms with Gasteiger partial charge in [0.15, 0.2) is 11.6 Å². The number of aryl methyl sites for hydroxylation is 1. The van der Waals surface area contributed by atoms with Crippen LogP contribution in [0, 0.1) is 12.8 Å². The van der Waals surface area contributed by atoms with Gasteiger partial charge in [-0.05, 0) is 25.1 Å². The summed E-state index contributed by atoms with van der Waals surface area (Å²) in [4.78, 5) is 39.3. The number of hydrogen-bond donors (Lipinski definition) is 1. The van der Waals surface area contributed by atoms with Gasteiger partial charge in [-0.3, -0.25) is 9.59 Å². The lowest BCUT2D eigenvalue weighted by Gasteiger charge is -2.17. The molecule has 0 bridgehead atoms. The molecule has 8 heteroatoms. The maximum Gasteiger partial charge on any atom is 0.227 e. The smallest absolute Gasteiger partial charge is 0.227 e. The lowest BCUT2D eigenvalue weighted by molar-refractivity contribution is -0.126. The van der Waals surface area contributed by atoms with Gasteiger partial charge in [-0.1, -0.05) is 17.7 Å². The van der Waals surface area contributed by atoms with Crippen molar-refractivity contribution in [3.8, 4) is 11.6 Å². The summed E-state index contributed by atoms with van der Waals surface area (Å²) in [5.41, 5.74) is 1.97. The first kappa shape index (κ1) is 18.8. The van der Waals surface area contributed by atoms with Crippen LogP contribution in [0.3, 0.4) is 0 Å². The highest BCUT2D eigenvalue weighted by Gasteiger charge is 2.34. The van der Waals surface area contributed by atoms with Crippen molar-refractivity contribution in [2.45, 2.75) is 19.9 Å². The third kappa shape index (κ3) is 4.16. The molecule has 8 nitrogen and oxygen atoms in total. The van der Waals surface area contributed by atoms with E-state index in [2.05, 4.69) is 20.3 Å². The highest BCUT2D eigenvalue weighted by molar-refractivity contribution is 6.00. The number of amides is 2. The van der Waals surface area contributed by atoms with Crippen LogP contribution in [0.25, 0.3) is 11.6 Å². The van der Waals surface area contributed by atoms with E-state index in [0.717, 1.165) is 11.3 Å². The Balaban J connectivity index is 1.33. The third-order valence-electron chi connectivity index (χ3n) is 4.97. The molecular formula is C21H22N6O2. The van der Waals surface area contributed by atoms with Crippen molar-refractivity contribution < 1.29 is 9.59 Å². The number of nitrogens with zero attached hydrogens (tertiary/aromatic N) is 5. The number of hydrogen-bond acceptors (Lipinski definition) is 5. The van der Waals surface area contributed by atoms with Gasteiger partial charge in [0.2, 0.25) is 11.8 Å². The largest absolute Gasteiger partial charge is 0.354 e. The molecule has 1 atom stereocenters. The lowest BCUT2D eigenvalue weighted by atomic mass is 10.1. The Bertz CT molecular complexity index is 1000. The second-order valence-electron chi connectivity index (χ2n) is 7.05. The number of carbonyl (C=O) groups excluding carboxylic acids is 2. The van der Waals surface area contributed by atoms with Gasteiger partial charge in [0.25, 0.3) is 0 Å². The van der Waals surface area contributed by atoms with Crippen molar-refractivity contribution in [1.82, 2.24) is 24.8 Å². The normalized spacial score (nSPS) is 16.2. The first-order valence-corrected chi connectivity index (χ1v) is 9.55. The Hall–Kier alpha value is -3.55. The highest BCUT2D eigenvalue weighted by atomic mass is 16.2. The fraction of sp³-hybridized carbons (Fsp3) is 0.286. The van der Waals surface area contributed by atoms with Crippen LogP contribution in [-0.4, -0.2) is 44.4 Å². The number of anilines is 1. The fourth-order valence-corrected chi connectivity index (χ4v) is 3.41. The average molecular weight is 390 g/mol. The maximum absolute atomic E-state index is 12.6. The van der Waals surface area contributed by atoms with Crippen LogP contribution in [0.5, 0.6) is 0 Å². The maximum atomic E-state index is 12.6. The lowest BCUT2D eigenvalue weighted by Crippen LogP contribution is -2.34. The van der Waals surface area contributed by atoms with E-state index in [1.165, 1.54) is 0 Å². The summed E-state index contributed by atoms with van der Waals surface area (Å²) < 4.78 is 1.90. The van der Waals surface area contributed by atoms with Crippen molar-refractivity contribution in [2.24, 2.45) is 5.92 Å². The molecule has 0 saturated carbocycles. The summed E-state index contributed by atoms with van der Waals surface area (Å²) in [7, 11) is 0. The summed E-state index contributed by atoms with van der Waals surface area (Å²) in [5.74, 6) is 0.724. The minimum atomic E-state index is -0.344. The Kier molecular flexibility index (Phi) is 5.33. The Labute approximate surface area is 168 Å². The summed E-state index contributed by atoms with van der Waals surface area (Å²) >= 11 is 0. The van der Waals surface area contributed by atoms with Crippen molar-refractivity contribution in [3.05, 3.63) is 60.7 Å². The number of nitrogens with one attached hydrogen (secondary N) is 1. The standard InChI is InChI=1S/C21H22N6O2/c1-15-3-5-17(6-4-15)27-14-16(13-18(27)28)21(29)25-10-12-26-11-9-24-20(26)19-22-7-2-8-23-19/h2-9,11,16H,10,12-14H2,1H3,(H,25,29). The number of benzene rings is 1. The zero-order valence-corrected chi connectivity index (χ0v) is 16.2. The molecule has 0 spiro atoms. The predicted molar refractivity (Wildman–Crippen MR) is 108 cm³/mol. The van der Waals surface area contributed by atoms with Crippen LogP contribution in [-0.2, 0) is 16.1 Å². The topological polar surface area (TPSA) is 93.0 Å². The van der Waals surface area contributed by atoms with E-state index in [1.54, 1.807) is 29.6 Å². The molecule has 2 amide bonds. The van der Waals surface area contributed by atoms with Gasteiger partial charge in [-0.15, -0.1) is 0 Å². The van der Waals surface area contributed by atoms with Crippen molar-refractivity contribution in [2.75, 3.05) is 18.0 Å². The molecule has 0 aliphatic carbocycles. The molecule has 1 saturated heterocycles. The number of imidazole rings is 1. The van der Waals surface area contributed by atoms with Crippen LogP contribution in [0.1, 0.15) is 12.0 Å². The SMILES string of the molecule is Cc1ccc(N2CC(C(=O)NCCn3ccnc3-c3ncccn3)CC2=O)cc1. The van der Waals surface area contributed by atoms with Crippen molar-refractivity contribution in [3.63, 3.8) is 0 Å². The molecule has 1 fully saturated rings. The summed E-state index contributed by atoms with van der Waals surface area (Å²) in [6.45, 7) is 3.38. The summed E-state index contributed by atoms with van der Waals surface area (Å²) in [6.07, 6.45) is 7.08. The van der Waals surface area contributed by atoms with Gasteiger partial charge >= 0.3 is 0 Å². The quantitative estimate of drug-likeness (QED) is 0.693. The number of rotatable bonds is 6. The van der Waals surface area contributed by atoms with Crippen LogP contribution >= 0.6 is 0 Å². The molecule has 1 unspecified atom stereocenters. The van der Waals surface area contributed by atoms with Gasteiger partial charge in [-0.25, -0.2) is 15.0 Å². The number of carbonyl (C=O) groups is 2. The van der Waals surface area contributed by atoms with Crippen LogP contribution in [0.2, 0.25) is 0 Å². The molecule has 0 radical (unpaired) electrons. The van der Waals surface area contributed by atoms with Gasteiger partial charge in [0.05, 0.1) is 5.92 Å². The molecule has 4 rings (SSSR count). The Morgan fingerprint density at radius 2 is 1.90 bits per heavy atom. The average Bonchev–Trinajstić information content (AvgIpc) is 3.36. The van der Waals surface area contributed by atoms with Crippen molar-refractivity contribution in [1.29, 1.82) is 0 Å². The fourth-order valence-electron chi connectivity index (χ4n) is 3.41. The molecule has 2 aromatic heterocycles. The first-order chi connectivity index (χ1) is 14.1. The zero-order valence-electron chi connectivity index (χ0n) is 16.2. The van der Waals surface area contributed by atoms with Gasteiger partial charge < -0.3 is 14.8 Å². The molecule has 3 aromatic rings. The first-order valence-electron chi connectivity index (χ1n) is 9.55. The second kappa shape index (κ2) is 8.22. The monoisotopic (exact) mass is 390 g/mol. The highest BCUT2D eigenvalue weighted by Crippen LogP contribution is 2.25. The predicted octanol–water partition coefficient (Wildman–Crippen LogP) is 1.82. The van der Waals surface area contributed by atoms with Gasteiger partial charge in [0.1, 0.15) is 0 Å². The minimum absolute atomic E-state index is 0.0212. The van der Waals surface area contributed by atoms with E-state index in [4.69, 9.17) is 0 Å². The van der Waals surface area contributed by atoms with Gasteiger partial charge in [0, 0.05) is 56.5 Å². The van der Waals surface area contributed by atoms with Gasteiger partial charge in [-0.2, -0.15) is 0 Å². The molecule has 3 heterocycles. The number of aromatic nitrogens is 4. The molecule has 29 heavy (non-hydrogen) atoms. The van der Waals surface area contributed by atoms with E-state index in [9.17, 15) is 9.59 Å². The Morgan fingerprint density at radius 1 is 1.14 bits per heavy atom. The van der Waals surface area contributed by atoms with Crippen LogP contribution in [0.15, 0.2) is 55.1 Å². The minimum Gasteiger partial charge on any atom is -0.354 e. The van der Waals surface area contributed by atoms with E-state index < -0.39 is 0 Å². The van der Waals surface area contributed by atoms with E-state index in [0.29, 0.717) is 31.3 Å². The van der Waals surface area contributed by atoms with E-state index in [-0.39, 0.29) is 24.2 Å². The third-order valence-corrected chi connectivity index (χ3v) is 4.97. The Morgan fingerprint density at radius 3 is 2.66 bits per heavy atom. The summed E-state index contributed by atoms with van der Waals surface area (Å²) in [6, 6.07) is 9.52. The van der Waals surface area contributed by atoms with Crippen LogP contribution < -0.4 is 10.2 Å². The molecule has 1 aliphatic rings. The van der Waals surface area contributed by atoms with E-state index in [1.807, 2.05) is 42.0 Å². The molecule has 1 aliphatic heterocycles. The zero-order chi connectivity index (χ0) is 20.2. The summed E-state index contributed by atoms with van der Waals surface area (Å²) in [5, 5.41) is 2.94. The molecular weight excluding hydrogens is 368 g/mol.